The Labute approximate surface area is 162 Å². The van der Waals surface area contributed by atoms with E-state index in [-0.39, 0.29) is 0 Å². The van der Waals surface area contributed by atoms with E-state index < -0.39 is 22.2 Å². The van der Waals surface area contributed by atoms with Crippen LogP contribution in [0.1, 0.15) is 12.0 Å². The molecule has 2 N–H and O–H groups in total. The molecule has 8 nitrogen and oxygen atoms in total. The van der Waals surface area contributed by atoms with Gasteiger partial charge < -0.3 is 19.5 Å². The molecule has 0 aromatic heterocycles. The molecule has 154 valence electrons. The summed E-state index contributed by atoms with van der Waals surface area (Å²) in [7, 11) is 2.32. The van der Waals surface area contributed by atoms with E-state index in [1.807, 2.05) is 37.2 Å². The summed E-state index contributed by atoms with van der Waals surface area (Å²) in [6.07, 6.45) is 1.31. The van der Waals surface area contributed by atoms with Gasteiger partial charge in [0.15, 0.2) is 11.5 Å². The summed E-state index contributed by atoms with van der Waals surface area (Å²) in [5, 5.41) is 10.1. The highest BCUT2D eigenvalue weighted by Crippen LogP contribution is 2.29. The largest absolute Gasteiger partial charge is 0.493 e. The minimum absolute atomic E-state index is 0.415. The van der Waals surface area contributed by atoms with Crippen LogP contribution in [0.25, 0.3) is 0 Å². The number of β-amino-alcohol motifs (C(OH)–C–C–N with tert-alkyl or cyclic N) is 1. The number of ether oxygens (including phenoxy) is 2. The van der Waals surface area contributed by atoms with Gasteiger partial charge in [0.05, 0.1) is 32.1 Å². The molecule has 0 saturated carbocycles. The quantitative estimate of drug-likeness (QED) is 0.538. The molecule has 1 heterocycles. The Morgan fingerprint density at radius 3 is 2.67 bits per heavy atom. The minimum atomic E-state index is -3.35. The van der Waals surface area contributed by atoms with Crippen LogP contribution in [0.2, 0.25) is 0 Å². The Hall–Kier alpha value is -1.39. The highest BCUT2D eigenvalue weighted by Gasteiger charge is 2.33. The smallest absolute Gasteiger partial charge is 0.209 e. The Kier molecular flexibility index (Phi) is 7.87. The summed E-state index contributed by atoms with van der Waals surface area (Å²) in [5.74, 6) is 1.38. The van der Waals surface area contributed by atoms with Crippen LogP contribution in [0.4, 0.5) is 0 Å². The van der Waals surface area contributed by atoms with E-state index in [0.717, 1.165) is 24.8 Å². The van der Waals surface area contributed by atoms with Crippen molar-refractivity contribution in [3.63, 3.8) is 0 Å². The van der Waals surface area contributed by atoms with Crippen molar-refractivity contribution in [1.29, 1.82) is 0 Å². The Bertz CT molecular complexity index is 711. The molecule has 0 spiro atoms. The van der Waals surface area contributed by atoms with E-state index in [2.05, 4.69) is 9.62 Å². The summed E-state index contributed by atoms with van der Waals surface area (Å²) in [6.45, 7) is 3.04. The number of aliphatic hydroxyl groups excluding tert-OH is 1. The SMILES string of the molecule is COc1cc(CN2C[C@@H](O)[C@H](NS(C)(=O)=O)C2)ccc1OCCCN(C)C. The lowest BCUT2D eigenvalue weighted by atomic mass is 10.2. The number of nitrogens with zero attached hydrogens (tertiary/aromatic N) is 2. The van der Waals surface area contributed by atoms with Gasteiger partial charge in [-0.15, -0.1) is 0 Å². The Morgan fingerprint density at radius 2 is 2.04 bits per heavy atom. The first-order chi connectivity index (χ1) is 12.7. The molecule has 1 aromatic rings. The molecule has 1 aliphatic rings. The van der Waals surface area contributed by atoms with Crippen molar-refractivity contribution in [2.75, 3.05) is 53.7 Å². The van der Waals surface area contributed by atoms with Crippen LogP contribution in [0.3, 0.4) is 0 Å². The molecule has 0 aliphatic carbocycles. The molecule has 0 amide bonds. The number of hydrogen-bond acceptors (Lipinski definition) is 7. The summed E-state index contributed by atoms with van der Waals surface area (Å²) >= 11 is 0. The van der Waals surface area contributed by atoms with Crippen molar-refractivity contribution >= 4 is 10.0 Å². The number of aliphatic hydroxyl groups is 1. The fourth-order valence-corrected chi connectivity index (χ4v) is 3.92. The lowest BCUT2D eigenvalue weighted by molar-refractivity contribution is 0.160. The molecule has 27 heavy (non-hydrogen) atoms. The zero-order valence-electron chi connectivity index (χ0n) is 16.5. The van der Waals surface area contributed by atoms with Crippen LogP contribution in [0.5, 0.6) is 11.5 Å². The minimum Gasteiger partial charge on any atom is -0.493 e. The fraction of sp³-hybridized carbons (Fsp3) is 0.667. The Balaban J connectivity index is 1.93. The predicted molar refractivity (Wildman–Crippen MR) is 105 cm³/mol. The third kappa shape index (κ3) is 7.27. The van der Waals surface area contributed by atoms with Crippen molar-refractivity contribution in [3.8, 4) is 11.5 Å². The van der Waals surface area contributed by atoms with Crippen molar-refractivity contribution in [3.05, 3.63) is 23.8 Å². The van der Waals surface area contributed by atoms with E-state index in [4.69, 9.17) is 9.47 Å². The topological polar surface area (TPSA) is 91.3 Å². The van der Waals surface area contributed by atoms with E-state index in [1.165, 1.54) is 0 Å². The number of likely N-dealkylation sites (tertiary alicyclic amines) is 1. The second-order valence-electron chi connectivity index (χ2n) is 7.25. The van der Waals surface area contributed by atoms with Gasteiger partial charge in [0, 0.05) is 26.2 Å². The molecule has 0 radical (unpaired) electrons. The zero-order chi connectivity index (χ0) is 20.0. The van der Waals surface area contributed by atoms with Gasteiger partial charge in [0.2, 0.25) is 10.0 Å². The molecule has 0 unspecified atom stereocenters. The normalized spacial score (nSPS) is 21.0. The van der Waals surface area contributed by atoms with Crippen molar-refractivity contribution < 1.29 is 23.0 Å². The highest BCUT2D eigenvalue weighted by atomic mass is 32.2. The van der Waals surface area contributed by atoms with Crippen LogP contribution in [-0.2, 0) is 16.6 Å². The zero-order valence-corrected chi connectivity index (χ0v) is 17.3. The van der Waals surface area contributed by atoms with E-state index in [9.17, 15) is 13.5 Å². The third-order valence-corrected chi connectivity index (χ3v) is 5.10. The highest BCUT2D eigenvalue weighted by molar-refractivity contribution is 7.88. The summed E-state index contributed by atoms with van der Waals surface area (Å²) < 4.78 is 36.5. The lowest BCUT2D eigenvalue weighted by Crippen LogP contribution is -2.42. The number of benzene rings is 1. The van der Waals surface area contributed by atoms with E-state index in [0.29, 0.717) is 37.7 Å². The number of hydrogen-bond donors (Lipinski definition) is 2. The van der Waals surface area contributed by atoms with Crippen molar-refractivity contribution in [1.82, 2.24) is 14.5 Å². The van der Waals surface area contributed by atoms with Gasteiger partial charge in [-0.25, -0.2) is 13.1 Å². The predicted octanol–water partition coefficient (Wildman–Crippen LogP) is 0.120. The molecule has 9 heteroatoms. The molecule has 1 aromatic carbocycles. The maximum absolute atomic E-state index is 11.4. The number of nitrogens with one attached hydrogen (secondary N) is 1. The maximum atomic E-state index is 11.4. The van der Waals surface area contributed by atoms with Gasteiger partial charge >= 0.3 is 0 Å². The van der Waals surface area contributed by atoms with Gasteiger partial charge in [-0.1, -0.05) is 6.07 Å². The lowest BCUT2D eigenvalue weighted by Gasteiger charge is -2.18. The van der Waals surface area contributed by atoms with E-state index in [1.54, 1.807) is 7.11 Å². The molecule has 2 atom stereocenters. The average molecular weight is 402 g/mol. The van der Waals surface area contributed by atoms with Crippen LogP contribution in [0, 0.1) is 0 Å². The fourth-order valence-electron chi connectivity index (χ4n) is 3.14. The van der Waals surface area contributed by atoms with E-state index >= 15 is 0 Å². The van der Waals surface area contributed by atoms with Crippen LogP contribution in [0.15, 0.2) is 18.2 Å². The molecule has 1 aliphatic heterocycles. The monoisotopic (exact) mass is 401 g/mol. The maximum Gasteiger partial charge on any atom is 0.209 e. The standard InChI is InChI=1S/C18H31N3O5S/c1-20(2)8-5-9-26-17-7-6-14(10-18(17)25-3)11-21-12-15(16(22)13-21)19-27(4,23)24/h6-7,10,15-16,19,22H,5,8-9,11-13H2,1-4H3/t15-,16-/m1/s1. The molecular formula is C18H31N3O5S. The number of sulfonamides is 1. The second kappa shape index (κ2) is 9.70. The molecule has 0 bridgehead atoms. The molecule has 2 rings (SSSR count). The van der Waals surface area contributed by atoms with Gasteiger partial charge in [-0.05, 0) is 38.2 Å². The first kappa shape index (κ1) is 21.9. The summed E-state index contributed by atoms with van der Waals surface area (Å²) in [4.78, 5) is 4.12. The van der Waals surface area contributed by atoms with Gasteiger partial charge in [-0.2, -0.15) is 0 Å². The van der Waals surface area contributed by atoms with Crippen LogP contribution >= 0.6 is 0 Å². The van der Waals surface area contributed by atoms with Crippen LogP contribution in [-0.4, -0.2) is 89.2 Å². The van der Waals surface area contributed by atoms with Crippen LogP contribution < -0.4 is 14.2 Å². The van der Waals surface area contributed by atoms with Gasteiger partial charge in [0.25, 0.3) is 0 Å². The molecular weight excluding hydrogens is 370 g/mol. The second-order valence-corrected chi connectivity index (χ2v) is 9.03. The van der Waals surface area contributed by atoms with Gasteiger partial charge in [0.1, 0.15) is 0 Å². The van der Waals surface area contributed by atoms with Crippen molar-refractivity contribution in [2.45, 2.75) is 25.1 Å². The summed E-state index contributed by atoms with van der Waals surface area (Å²) in [5.41, 5.74) is 1.01. The number of rotatable bonds is 10. The van der Waals surface area contributed by atoms with Gasteiger partial charge in [-0.3, -0.25) is 4.90 Å². The average Bonchev–Trinajstić information content (AvgIpc) is 2.89. The Morgan fingerprint density at radius 1 is 1.30 bits per heavy atom. The molecule has 1 fully saturated rings. The number of methoxy groups -OCH3 is 1. The first-order valence-electron chi connectivity index (χ1n) is 9.00. The first-order valence-corrected chi connectivity index (χ1v) is 10.9. The molecule has 1 saturated heterocycles. The third-order valence-electron chi connectivity index (χ3n) is 4.37. The summed E-state index contributed by atoms with van der Waals surface area (Å²) in [6, 6.07) is 5.29. The van der Waals surface area contributed by atoms with Crippen molar-refractivity contribution in [2.24, 2.45) is 0 Å².